The van der Waals surface area contributed by atoms with Crippen LogP contribution in [0, 0.1) is 0 Å². The lowest BCUT2D eigenvalue weighted by molar-refractivity contribution is 0.161. The van der Waals surface area contributed by atoms with Gasteiger partial charge < -0.3 is 5.21 Å². The number of hydroxylamine groups is 1. The molecule has 0 aliphatic carbocycles. The fourth-order valence-electron chi connectivity index (χ4n) is 1.04. The fourth-order valence-corrected chi connectivity index (χ4v) is 1.04. The number of hydrogen-bond acceptors (Lipinski definition) is 5. The van der Waals surface area contributed by atoms with Crippen LogP contribution in [0.2, 0.25) is 0 Å². The second-order valence-electron chi connectivity index (χ2n) is 2.30. The Balaban J connectivity index is 2.57. The van der Waals surface area contributed by atoms with Crippen LogP contribution in [0.4, 0.5) is 0 Å². The monoisotopic (exact) mass is 165 g/mol. The van der Waals surface area contributed by atoms with Gasteiger partial charge in [-0.3, -0.25) is 0 Å². The first-order chi connectivity index (χ1) is 5.92. The van der Waals surface area contributed by atoms with E-state index in [2.05, 4.69) is 25.9 Å². The maximum absolute atomic E-state index is 8.49. The summed E-state index contributed by atoms with van der Waals surface area (Å²) in [4.78, 5) is 3.97. The molecule has 0 bridgehead atoms. The minimum atomic E-state index is 0.339. The lowest BCUT2D eigenvalue weighted by Crippen LogP contribution is -2.06. The summed E-state index contributed by atoms with van der Waals surface area (Å²) in [5.41, 5.74) is 4.15. The van der Waals surface area contributed by atoms with Gasteiger partial charge in [0.1, 0.15) is 5.52 Å². The van der Waals surface area contributed by atoms with Crippen LogP contribution in [0.15, 0.2) is 12.3 Å². The summed E-state index contributed by atoms with van der Waals surface area (Å²) in [6.07, 6.45) is 1.62. The molecule has 2 rings (SSSR count). The van der Waals surface area contributed by atoms with E-state index in [-0.39, 0.29) is 0 Å². The molecule has 0 saturated heterocycles. The number of rotatable bonds is 2. The van der Waals surface area contributed by atoms with Crippen LogP contribution in [0.5, 0.6) is 0 Å². The van der Waals surface area contributed by atoms with Gasteiger partial charge in [0.2, 0.25) is 5.65 Å². The van der Waals surface area contributed by atoms with Gasteiger partial charge in [-0.15, -0.1) is 5.10 Å². The van der Waals surface area contributed by atoms with Crippen molar-refractivity contribution < 1.29 is 5.21 Å². The molecule has 0 aliphatic heterocycles. The highest BCUT2D eigenvalue weighted by atomic mass is 16.5. The van der Waals surface area contributed by atoms with E-state index in [1.54, 1.807) is 12.3 Å². The van der Waals surface area contributed by atoms with Crippen LogP contribution in [0.1, 0.15) is 5.56 Å². The van der Waals surface area contributed by atoms with E-state index in [0.717, 1.165) is 5.56 Å². The van der Waals surface area contributed by atoms with Gasteiger partial charge in [-0.05, 0) is 6.07 Å². The molecule has 0 aromatic carbocycles. The zero-order valence-electron chi connectivity index (χ0n) is 6.15. The van der Waals surface area contributed by atoms with Gasteiger partial charge >= 0.3 is 0 Å². The SMILES string of the molecule is ONCc1ccnc2n[nH]nc12. The van der Waals surface area contributed by atoms with E-state index in [4.69, 9.17) is 5.21 Å². The number of H-pyrrole nitrogens is 1. The molecule has 6 nitrogen and oxygen atoms in total. The molecule has 2 aromatic heterocycles. The maximum Gasteiger partial charge on any atom is 0.201 e. The molecular weight excluding hydrogens is 158 g/mol. The maximum atomic E-state index is 8.49. The summed E-state index contributed by atoms with van der Waals surface area (Å²) >= 11 is 0. The molecule has 0 aliphatic rings. The number of aromatic nitrogens is 4. The molecule has 0 radical (unpaired) electrons. The van der Waals surface area contributed by atoms with E-state index >= 15 is 0 Å². The molecule has 0 amide bonds. The van der Waals surface area contributed by atoms with Crippen molar-refractivity contribution in [3.63, 3.8) is 0 Å². The molecule has 2 aromatic rings. The third kappa shape index (κ3) is 1.03. The van der Waals surface area contributed by atoms with Crippen LogP contribution in [-0.4, -0.2) is 25.6 Å². The largest absolute Gasteiger partial charge is 0.316 e. The van der Waals surface area contributed by atoms with E-state index in [1.807, 2.05) is 0 Å². The smallest absolute Gasteiger partial charge is 0.201 e. The van der Waals surface area contributed by atoms with E-state index in [1.165, 1.54) is 0 Å². The Morgan fingerprint density at radius 3 is 3.25 bits per heavy atom. The molecule has 0 atom stereocenters. The molecule has 0 fully saturated rings. The Morgan fingerprint density at radius 1 is 1.50 bits per heavy atom. The van der Waals surface area contributed by atoms with Crippen molar-refractivity contribution in [1.29, 1.82) is 0 Å². The van der Waals surface area contributed by atoms with Crippen molar-refractivity contribution in [2.45, 2.75) is 6.54 Å². The first-order valence-electron chi connectivity index (χ1n) is 3.43. The van der Waals surface area contributed by atoms with Gasteiger partial charge in [0.05, 0.1) is 0 Å². The summed E-state index contributed by atoms with van der Waals surface area (Å²) in [6.45, 7) is 0.339. The van der Waals surface area contributed by atoms with E-state index in [0.29, 0.717) is 17.7 Å². The topological polar surface area (TPSA) is 86.7 Å². The molecule has 0 unspecified atom stereocenters. The fraction of sp³-hybridized carbons (Fsp3) is 0.167. The Labute approximate surface area is 67.6 Å². The van der Waals surface area contributed by atoms with Crippen molar-refractivity contribution >= 4 is 11.2 Å². The van der Waals surface area contributed by atoms with Gasteiger partial charge in [0.15, 0.2) is 0 Å². The van der Waals surface area contributed by atoms with Gasteiger partial charge in [-0.25, -0.2) is 10.5 Å². The minimum absolute atomic E-state index is 0.339. The van der Waals surface area contributed by atoms with Crippen molar-refractivity contribution in [3.05, 3.63) is 17.8 Å². The molecule has 6 heteroatoms. The second-order valence-corrected chi connectivity index (χ2v) is 2.30. The second kappa shape index (κ2) is 2.84. The van der Waals surface area contributed by atoms with Crippen molar-refractivity contribution in [1.82, 2.24) is 25.9 Å². The van der Waals surface area contributed by atoms with Crippen LogP contribution >= 0.6 is 0 Å². The number of fused-ring (bicyclic) bond motifs is 1. The number of aromatic amines is 1. The third-order valence-electron chi connectivity index (χ3n) is 1.58. The molecule has 0 spiro atoms. The Kier molecular flexibility index (Phi) is 1.69. The van der Waals surface area contributed by atoms with Gasteiger partial charge in [-0.2, -0.15) is 10.3 Å². The first kappa shape index (κ1) is 7.14. The minimum Gasteiger partial charge on any atom is -0.316 e. The van der Waals surface area contributed by atoms with Crippen molar-refractivity contribution in [2.75, 3.05) is 0 Å². The van der Waals surface area contributed by atoms with Crippen molar-refractivity contribution in [3.8, 4) is 0 Å². The Bertz CT molecular complexity index is 384. The molecule has 12 heavy (non-hydrogen) atoms. The number of hydrogen-bond donors (Lipinski definition) is 3. The molecule has 62 valence electrons. The third-order valence-corrected chi connectivity index (χ3v) is 1.58. The number of pyridine rings is 1. The van der Waals surface area contributed by atoms with Crippen LogP contribution < -0.4 is 5.48 Å². The molecule has 3 N–H and O–H groups in total. The summed E-state index contributed by atoms with van der Waals surface area (Å²) < 4.78 is 0. The van der Waals surface area contributed by atoms with Gasteiger partial charge in [0, 0.05) is 18.3 Å². The van der Waals surface area contributed by atoms with Crippen LogP contribution in [-0.2, 0) is 6.54 Å². The average Bonchev–Trinajstić information content (AvgIpc) is 2.53. The number of nitrogens with one attached hydrogen (secondary N) is 2. The van der Waals surface area contributed by atoms with Crippen molar-refractivity contribution in [2.24, 2.45) is 0 Å². The lowest BCUT2D eigenvalue weighted by atomic mass is 10.2. The van der Waals surface area contributed by atoms with E-state index < -0.39 is 0 Å². The van der Waals surface area contributed by atoms with Crippen LogP contribution in [0.3, 0.4) is 0 Å². The Hall–Kier alpha value is -1.53. The molecule has 2 heterocycles. The normalized spacial score (nSPS) is 10.8. The highest BCUT2D eigenvalue weighted by Crippen LogP contribution is 2.09. The highest BCUT2D eigenvalue weighted by Gasteiger charge is 2.03. The predicted molar refractivity (Wildman–Crippen MR) is 40.3 cm³/mol. The van der Waals surface area contributed by atoms with Crippen LogP contribution in [0.25, 0.3) is 11.2 Å². The zero-order valence-corrected chi connectivity index (χ0v) is 6.15. The average molecular weight is 165 g/mol. The summed E-state index contributed by atoms with van der Waals surface area (Å²) in [5.74, 6) is 0. The van der Waals surface area contributed by atoms with Gasteiger partial charge in [0.25, 0.3) is 0 Å². The lowest BCUT2D eigenvalue weighted by Gasteiger charge is -1.96. The summed E-state index contributed by atoms with van der Waals surface area (Å²) in [5, 5.41) is 18.6. The molecule has 0 saturated carbocycles. The quantitative estimate of drug-likeness (QED) is 0.538. The zero-order chi connectivity index (χ0) is 8.39. The van der Waals surface area contributed by atoms with Gasteiger partial charge in [-0.1, -0.05) is 0 Å². The van der Waals surface area contributed by atoms with E-state index in [9.17, 15) is 0 Å². The molecular formula is C6H7N5O. The first-order valence-corrected chi connectivity index (χ1v) is 3.43. The summed E-state index contributed by atoms with van der Waals surface area (Å²) in [7, 11) is 0. The Morgan fingerprint density at radius 2 is 2.42 bits per heavy atom. The summed E-state index contributed by atoms with van der Waals surface area (Å²) in [6, 6.07) is 1.77. The standard InChI is InChI=1S/C6H7N5O/c12-8-3-4-1-2-7-6-5(4)9-11-10-6/h1-2,8,12H,3H2,(H,7,9,10,11). The number of nitrogens with zero attached hydrogens (tertiary/aromatic N) is 3. The predicted octanol–water partition coefficient (Wildman–Crippen LogP) is -0.168. The highest BCUT2D eigenvalue weighted by molar-refractivity contribution is 5.72.